The number of para-hydroxylation sites is 2. The maximum Gasteiger partial charge on any atom is 0.145 e. The summed E-state index contributed by atoms with van der Waals surface area (Å²) >= 11 is 0. The molecule has 5 heteroatoms. The van der Waals surface area contributed by atoms with Gasteiger partial charge in [-0.3, -0.25) is 9.30 Å². The molecule has 0 fully saturated rings. The molecule has 3 aromatic heterocycles. The number of fused-ring (bicyclic) bond motifs is 6. The molecule has 5 nitrogen and oxygen atoms in total. The molecule has 8 rings (SSSR count). The molecule has 0 radical (unpaired) electrons. The van der Waals surface area contributed by atoms with E-state index in [9.17, 15) is 0 Å². The van der Waals surface area contributed by atoms with E-state index < -0.39 is 0 Å². The van der Waals surface area contributed by atoms with Gasteiger partial charge in [0.15, 0.2) is 0 Å². The molecular weight excluding hydrogens is 528 g/mol. The van der Waals surface area contributed by atoms with Crippen LogP contribution in [0.15, 0.2) is 158 Å². The summed E-state index contributed by atoms with van der Waals surface area (Å²) in [7, 11) is 0. The third-order valence-corrected chi connectivity index (χ3v) is 7.70. The summed E-state index contributed by atoms with van der Waals surface area (Å²) in [6.07, 6.45) is 3.77. The molecule has 0 amide bonds. The Balaban J connectivity index is 1.23. The topological polar surface area (TPSA) is 42.7 Å². The van der Waals surface area contributed by atoms with Crippen molar-refractivity contribution in [2.75, 3.05) is 4.90 Å². The summed E-state index contributed by atoms with van der Waals surface area (Å²) in [6, 6.07) is 49.4. The largest absolute Gasteiger partial charge is 0.457 e. The van der Waals surface area contributed by atoms with E-state index in [1.165, 1.54) is 5.39 Å². The molecule has 3 heterocycles. The average Bonchev–Trinajstić information content (AvgIpc) is 3.53. The number of ether oxygens (including phenoxy) is 1. The first-order valence-corrected chi connectivity index (χ1v) is 14.2. The normalized spacial score (nSPS) is 11.3. The van der Waals surface area contributed by atoms with Gasteiger partial charge in [-0.2, -0.15) is 0 Å². The van der Waals surface area contributed by atoms with Gasteiger partial charge in [0, 0.05) is 34.3 Å². The molecule has 0 aliphatic heterocycles. The molecule has 0 aliphatic carbocycles. The zero-order chi connectivity index (χ0) is 28.6. The number of rotatable bonds is 6. The third-order valence-electron chi connectivity index (χ3n) is 7.70. The van der Waals surface area contributed by atoms with Crippen molar-refractivity contribution in [1.82, 2.24) is 14.4 Å². The summed E-state index contributed by atoms with van der Waals surface area (Å²) in [4.78, 5) is 11.7. The molecule has 0 spiro atoms. The Morgan fingerprint density at radius 1 is 0.535 bits per heavy atom. The number of anilines is 3. The van der Waals surface area contributed by atoms with Crippen molar-refractivity contribution in [3.05, 3.63) is 158 Å². The van der Waals surface area contributed by atoms with E-state index in [2.05, 4.69) is 93.1 Å². The molecule has 0 N–H and O–H groups in total. The lowest BCUT2D eigenvalue weighted by Crippen LogP contribution is -2.11. The number of hydrogen-bond donors (Lipinski definition) is 0. The smallest absolute Gasteiger partial charge is 0.145 e. The molecule has 0 atom stereocenters. The second-order valence-electron chi connectivity index (χ2n) is 10.4. The standard InChI is InChI=1S/C38H26N4O/c1-3-12-27(13-4-1)36-26-40-38-34-25-31(21-22-32(34)33-18-7-8-19-35(33)42(36)38)43-30-17-11-16-29(24-30)41(28-14-5-2-6-15-28)37-20-9-10-23-39-37/h1-26H. The highest BCUT2D eigenvalue weighted by atomic mass is 16.5. The van der Waals surface area contributed by atoms with Gasteiger partial charge < -0.3 is 4.74 Å². The van der Waals surface area contributed by atoms with Gasteiger partial charge in [0.25, 0.3) is 0 Å². The fraction of sp³-hybridized carbons (Fsp3) is 0. The third kappa shape index (κ3) is 4.44. The maximum absolute atomic E-state index is 6.52. The van der Waals surface area contributed by atoms with Gasteiger partial charge in [-0.1, -0.05) is 78.9 Å². The lowest BCUT2D eigenvalue weighted by Gasteiger charge is -2.24. The van der Waals surface area contributed by atoms with Crippen LogP contribution in [-0.4, -0.2) is 14.4 Å². The van der Waals surface area contributed by atoms with Crippen LogP contribution in [0.25, 0.3) is 38.6 Å². The molecule has 8 aromatic rings. The van der Waals surface area contributed by atoms with Gasteiger partial charge in [-0.25, -0.2) is 9.97 Å². The van der Waals surface area contributed by atoms with E-state index in [1.807, 2.05) is 79.1 Å². The Bertz CT molecular complexity index is 2170. The molecule has 0 aliphatic rings. The highest BCUT2D eigenvalue weighted by Gasteiger charge is 2.16. The van der Waals surface area contributed by atoms with Gasteiger partial charge in [-0.15, -0.1) is 0 Å². The first-order chi connectivity index (χ1) is 21.3. The first-order valence-electron chi connectivity index (χ1n) is 14.2. The Morgan fingerprint density at radius 2 is 1.28 bits per heavy atom. The Morgan fingerprint density at radius 3 is 2.12 bits per heavy atom. The Hall–Kier alpha value is -5.94. The predicted molar refractivity (Wildman–Crippen MR) is 175 cm³/mol. The van der Waals surface area contributed by atoms with Crippen molar-refractivity contribution in [2.24, 2.45) is 0 Å². The van der Waals surface area contributed by atoms with Gasteiger partial charge in [0.05, 0.1) is 23.1 Å². The van der Waals surface area contributed by atoms with Crippen LogP contribution in [0.3, 0.4) is 0 Å². The van der Waals surface area contributed by atoms with Crippen molar-refractivity contribution >= 4 is 44.5 Å². The molecule has 0 saturated heterocycles. The van der Waals surface area contributed by atoms with Crippen LogP contribution >= 0.6 is 0 Å². The monoisotopic (exact) mass is 554 g/mol. The summed E-state index contributed by atoms with van der Waals surface area (Å²) in [5.41, 5.74) is 6.18. The average molecular weight is 555 g/mol. The van der Waals surface area contributed by atoms with Crippen molar-refractivity contribution in [3.63, 3.8) is 0 Å². The van der Waals surface area contributed by atoms with Crippen LogP contribution in [0, 0.1) is 0 Å². The lowest BCUT2D eigenvalue weighted by molar-refractivity contribution is 0.483. The van der Waals surface area contributed by atoms with E-state index in [4.69, 9.17) is 9.72 Å². The van der Waals surface area contributed by atoms with Crippen LogP contribution < -0.4 is 9.64 Å². The molecule has 0 bridgehead atoms. The predicted octanol–water partition coefficient (Wildman–Crippen LogP) is 9.96. The number of aromatic nitrogens is 3. The fourth-order valence-electron chi connectivity index (χ4n) is 5.80. The fourth-order valence-corrected chi connectivity index (χ4v) is 5.80. The molecule has 5 aromatic carbocycles. The van der Waals surface area contributed by atoms with Gasteiger partial charge in [0.2, 0.25) is 0 Å². The minimum absolute atomic E-state index is 0.735. The first kappa shape index (κ1) is 24.8. The summed E-state index contributed by atoms with van der Waals surface area (Å²) < 4.78 is 8.77. The van der Waals surface area contributed by atoms with Crippen LogP contribution in [0.2, 0.25) is 0 Å². The molecule has 0 unspecified atom stereocenters. The zero-order valence-electron chi connectivity index (χ0n) is 23.2. The lowest BCUT2D eigenvalue weighted by atomic mass is 10.1. The molecule has 0 saturated carbocycles. The van der Waals surface area contributed by atoms with Crippen molar-refractivity contribution in [3.8, 4) is 22.8 Å². The number of benzene rings is 5. The van der Waals surface area contributed by atoms with Crippen LogP contribution in [0.5, 0.6) is 11.5 Å². The molecule has 43 heavy (non-hydrogen) atoms. The minimum atomic E-state index is 0.735. The van der Waals surface area contributed by atoms with Gasteiger partial charge in [-0.05, 0) is 66.0 Å². The highest BCUT2D eigenvalue weighted by molar-refractivity contribution is 6.12. The van der Waals surface area contributed by atoms with Crippen LogP contribution in [0.1, 0.15) is 0 Å². The van der Waals surface area contributed by atoms with Crippen LogP contribution in [-0.2, 0) is 0 Å². The number of pyridine rings is 2. The molecule has 204 valence electrons. The van der Waals surface area contributed by atoms with Crippen molar-refractivity contribution < 1.29 is 4.74 Å². The SMILES string of the molecule is c1ccc(-c2cnc3c4cc(Oc5cccc(N(c6ccccc6)c6ccccn6)c5)ccc4c4ccccc4n23)cc1. The highest BCUT2D eigenvalue weighted by Crippen LogP contribution is 2.38. The van der Waals surface area contributed by atoms with Crippen molar-refractivity contribution in [2.45, 2.75) is 0 Å². The summed E-state index contributed by atoms with van der Waals surface area (Å²) in [6.45, 7) is 0. The van der Waals surface area contributed by atoms with Crippen LogP contribution in [0.4, 0.5) is 17.2 Å². The van der Waals surface area contributed by atoms with Crippen molar-refractivity contribution in [1.29, 1.82) is 0 Å². The Kier molecular flexibility index (Phi) is 6.05. The van der Waals surface area contributed by atoms with E-state index in [1.54, 1.807) is 0 Å². The van der Waals surface area contributed by atoms with E-state index in [0.29, 0.717) is 0 Å². The number of hydrogen-bond acceptors (Lipinski definition) is 4. The second kappa shape index (κ2) is 10.5. The Labute approximate surface area is 248 Å². The molecular formula is C38H26N4O. The quantitative estimate of drug-likeness (QED) is 0.192. The minimum Gasteiger partial charge on any atom is -0.457 e. The summed E-state index contributed by atoms with van der Waals surface area (Å²) in [5, 5.41) is 3.34. The summed E-state index contributed by atoms with van der Waals surface area (Å²) in [5.74, 6) is 2.31. The number of nitrogens with zero attached hydrogens (tertiary/aromatic N) is 4. The number of imidazole rings is 1. The second-order valence-corrected chi connectivity index (χ2v) is 10.4. The van der Waals surface area contributed by atoms with E-state index >= 15 is 0 Å². The van der Waals surface area contributed by atoms with Gasteiger partial charge in [0.1, 0.15) is 23.0 Å². The van der Waals surface area contributed by atoms with Gasteiger partial charge >= 0.3 is 0 Å². The zero-order valence-corrected chi connectivity index (χ0v) is 23.2. The van der Waals surface area contributed by atoms with E-state index in [0.717, 1.165) is 61.9 Å². The van der Waals surface area contributed by atoms with E-state index in [-0.39, 0.29) is 0 Å². The maximum atomic E-state index is 6.52.